The minimum Gasteiger partial charge on any atom is -0.338 e. The van der Waals surface area contributed by atoms with Crippen LogP contribution in [-0.4, -0.2) is 41.9 Å². The Kier molecular flexibility index (Phi) is 8.20. The van der Waals surface area contributed by atoms with Gasteiger partial charge in [-0.05, 0) is 54.0 Å². The third kappa shape index (κ3) is 6.56. The molecule has 0 radical (unpaired) electrons. The van der Waals surface area contributed by atoms with Crippen molar-refractivity contribution < 1.29 is 18.0 Å². The van der Waals surface area contributed by atoms with Crippen LogP contribution in [0.5, 0.6) is 0 Å². The molecule has 0 spiro atoms. The zero-order chi connectivity index (χ0) is 25.9. The summed E-state index contributed by atoms with van der Waals surface area (Å²) in [7, 11) is 0. The molecule has 2 unspecified atom stereocenters. The van der Waals surface area contributed by atoms with Gasteiger partial charge in [0.15, 0.2) is 0 Å². The second-order valence-corrected chi connectivity index (χ2v) is 11.3. The van der Waals surface area contributed by atoms with E-state index in [-0.39, 0.29) is 23.7 Å². The zero-order valence-electron chi connectivity index (χ0n) is 21.0. The number of nitrogens with zero attached hydrogens (tertiary/aromatic N) is 2. The van der Waals surface area contributed by atoms with Crippen LogP contribution in [0.25, 0.3) is 0 Å². The van der Waals surface area contributed by atoms with Gasteiger partial charge in [-0.2, -0.15) is 13.2 Å². The number of alkyl halides is 3. The van der Waals surface area contributed by atoms with Gasteiger partial charge in [0.1, 0.15) is 0 Å². The zero-order valence-corrected chi connectivity index (χ0v) is 21.8. The first-order chi connectivity index (χ1) is 17.1. The molecule has 2 atom stereocenters. The Labute approximate surface area is 215 Å². The SMILES string of the molecule is Cc1ccc(C(=O)N(CC(C)C)CC2CN(Cc3cccs3)CC2c2cccc(C(F)(F)F)c2)cc1. The Morgan fingerprint density at radius 2 is 1.83 bits per heavy atom. The summed E-state index contributed by atoms with van der Waals surface area (Å²) in [5.74, 6) is 0.188. The quantitative estimate of drug-likeness (QED) is 0.320. The summed E-state index contributed by atoms with van der Waals surface area (Å²) in [6.07, 6.45) is -4.38. The number of hydrogen-bond acceptors (Lipinski definition) is 3. The highest BCUT2D eigenvalue weighted by Gasteiger charge is 2.38. The number of carbonyl (C=O) groups is 1. The Bertz CT molecular complexity index is 1140. The molecular weight excluding hydrogens is 481 g/mol. The van der Waals surface area contributed by atoms with E-state index < -0.39 is 11.7 Å². The maximum atomic E-state index is 13.5. The molecule has 2 aromatic carbocycles. The van der Waals surface area contributed by atoms with Crippen LogP contribution >= 0.6 is 11.3 Å². The van der Waals surface area contributed by atoms with Gasteiger partial charge in [0.2, 0.25) is 0 Å². The van der Waals surface area contributed by atoms with Crippen molar-refractivity contribution in [1.82, 2.24) is 9.80 Å². The molecule has 3 aromatic rings. The summed E-state index contributed by atoms with van der Waals surface area (Å²) in [5, 5.41) is 2.04. The smallest absolute Gasteiger partial charge is 0.338 e. The maximum Gasteiger partial charge on any atom is 0.416 e. The van der Waals surface area contributed by atoms with Gasteiger partial charge in [-0.1, -0.05) is 55.8 Å². The Balaban J connectivity index is 1.62. The molecule has 1 aromatic heterocycles. The molecule has 192 valence electrons. The van der Waals surface area contributed by atoms with Gasteiger partial charge in [0, 0.05) is 49.1 Å². The lowest BCUT2D eigenvalue weighted by atomic mass is 9.87. The molecule has 3 nitrogen and oxygen atoms in total. The Hall–Kier alpha value is -2.64. The van der Waals surface area contributed by atoms with E-state index >= 15 is 0 Å². The molecule has 0 bridgehead atoms. The van der Waals surface area contributed by atoms with E-state index in [2.05, 4.69) is 24.8 Å². The van der Waals surface area contributed by atoms with Crippen molar-refractivity contribution in [3.8, 4) is 0 Å². The molecule has 0 N–H and O–H groups in total. The van der Waals surface area contributed by atoms with Crippen molar-refractivity contribution in [3.05, 3.63) is 93.2 Å². The molecule has 2 heterocycles. The standard InChI is InChI=1S/C29H33F3N2OS/c1-20(2)15-34(28(35)22-11-9-21(3)10-12-22)17-24-16-33(18-26-8-5-13-36-26)19-27(24)23-6-4-7-25(14-23)29(30,31)32/h4-14,20,24,27H,15-19H2,1-3H3. The summed E-state index contributed by atoms with van der Waals surface area (Å²) in [6, 6.07) is 17.4. The van der Waals surface area contributed by atoms with Crippen LogP contribution in [-0.2, 0) is 12.7 Å². The Morgan fingerprint density at radius 1 is 1.08 bits per heavy atom. The van der Waals surface area contributed by atoms with Gasteiger partial charge in [0.25, 0.3) is 5.91 Å². The van der Waals surface area contributed by atoms with Crippen molar-refractivity contribution in [2.45, 2.75) is 39.4 Å². The number of halogens is 3. The van der Waals surface area contributed by atoms with Gasteiger partial charge in [0.05, 0.1) is 5.56 Å². The molecule has 1 aliphatic rings. The van der Waals surface area contributed by atoms with E-state index in [4.69, 9.17) is 0 Å². The lowest BCUT2D eigenvalue weighted by molar-refractivity contribution is -0.137. The molecule has 4 rings (SSSR count). The molecule has 1 fully saturated rings. The van der Waals surface area contributed by atoms with E-state index in [0.717, 1.165) is 24.7 Å². The molecule has 0 aliphatic carbocycles. The largest absolute Gasteiger partial charge is 0.416 e. The van der Waals surface area contributed by atoms with E-state index in [9.17, 15) is 18.0 Å². The van der Waals surface area contributed by atoms with Gasteiger partial charge in [-0.15, -0.1) is 11.3 Å². The van der Waals surface area contributed by atoms with Crippen LogP contribution in [0.4, 0.5) is 13.2 Å². The van der Waals surface area contributed by atoms with Crippen LogP contribution in [0.3, 0.4) is 0 Å². The van der Waals surface area contributed by atoms with Crippen LogP contribution < -0.4 is 0 Å². The third-order valence-corrected chi connectivity index (χ3v) is 7.61. The summed E-state index contributed by atoms with van der Waals surface area (Å²) in [5.41, 5.74) is 1.80. The van der Waals surface area contributed by atoms with E-state index in [0.29, 0.717) is 30.8 Å². The first kappa shape index (κ1) is 26.4. The normalized spacial score (nSPS) is 18.6. The second-order valence-electron chi connectivity index (χ2n) is 10.2. The predicted octanol–water partition coefficient (Wildman–Crippen LogP) is 7.09. The van der Waals surface area contributed by atoms with Gasteiger partial charge in [-0.3, -0.25) is 9.69 Å². The highest BCUT2D eigenvalue weighted by atomic mass is 32.1. The summed E-state index contributed by atoms with van der Waals surface area (Å²) in [4.78, 5) is 18.9. The number of rotatable bonds is 8. The van der Waals surface area contributed by atoms with Crippen molar-refractivity contribution in [2.75, 3.05) is 26.2 Å². The highest BCUT2D eigenvalue weighted by molar-refractivity contribution is 7.09. The first-order valence-electron chi connectivity index (χ1n) is 12.4. The topological polar surface area (TPSA) is 23.6 Å². The number of thiophene rings is 1. The lowest BCUT2D eigenvalue weighted by Gasteiger charge is -2.30. The fraction of sp³-hybridized carbons (Fsp3) is 0.414. The van der Waals surface area contributed by atoms with Gasteiger partial charge in [-0.25, -0.2) is 0 Å². The average Bonchev–Trinajstić information content (AvgIpc) is 3.48. The van der Waals surface area contributed by atoms with Crippen molar-refractivity contribution in [1.29, 1.82) is 0 Å². The number of amides is 1. The average molecular weight is 515 g/mol. The minimum absolute atomic E-state index is 0.0248. The fourth-order valence-corrected chi connectivity index (χ4v) is 5.81. The van der Waals surface area contributed by atoms with E-state index in [1.54, 1.807) is 17.4 Å². The number of likely N-dealkylation sites (tertiary alicyclic amines) is 1. The van der Waals surface area contributed by atoms with E-state index in [1.807, 2.05) is 47.5 Å². The number of hydrogen-bond donors (Lipinski definition) is 0. The van der Waals surface area contributed by atoms with Crippen LogP contribution in [0.15, 0.2) is 66.0 Å². The number of aryl methyl sites for hydroxylation is 1. The van der Waals surface area contributed by atoms with Crippen LogP contribution in [0.2, 0.25) is 0 Å². The van der Waals surface area contributed by atoms with Crippen LogP contribution in [0.1, 0.15) is 51.7 Å². The summed E-state index contributed by atoms with van der Waals surface area (Å²) >= 11 is 1.68. The van der Waals surface area contributed by atoms with Gasteiger partial charge < -0.3 is 4.90 Å². The molecular formula is C29H33F3N2OS. The van der Waals surface area contributed by atoms with Gasteiger partial charge >= 0.3 is 6.18 Å². The third-order valence-electron chi connectivity index (χ3n) is 6.74. The van der Waals surface area contributed by atoms with E-state index in [1.165, 1.54) is 17.0 Å². The van der Waals surface area contributed by atoms with Crippen molar-refractivity contribution in [3.63, 3.8) is 0 Å². The number of benzene rings is 2. The lowest BCUT2D eigenvalue weighted by Crippen LogP contribution is -2.39. The summed E-state index contributed by atoms with van der Waals surface area (Å²) in [6.45, 7) is 9.41. The molecule has 1 saturated heterocycles. The predicted molar refractivity (Wildman–Crippen MR) is 139 cm³/mol. The molecule has 1 amide bonds. The molecule has 7 heteroatoms. The summed E-state index contributed by atoms with van der Waals surface area (Å²) < 4.78 is 40.5. The first-order valence-corrected chi connectivity index (χ1v) is 13.3. The monoisotopic (exact) mass is 514 g/mol. The molecule has 1 aliphatic heterocycles. The van der Waals surface area contributed by atoms with Crippen molar-refractivity contribution in [2.24, 2.45) is 11.8 Å². The molecule has 36 heavy (non-hydrogen) atoms. The minimum atomic E-state index is -4.38. The fourth-order valence-electron chi connectivity index (χ4n) is 5.06. The number of carbonyl (C=O) groups excluding carboxylic acids is 1. The van der Waals surface area contributed by atoms with Crippen LogP contribution in [0, 0.1) is 18.8 Å². The highest BCUT2D eigenvalue weighted by Crippen LogP contribution is 2.38. The Morgan fingerprint density at radius 3 is 2.47 bits per heavy atom. The maximum absolute atomic E-state index is 13.5. The molecule has 0 saturated carbocycles. The second kappa shape index (κ2) is 11.2. The van der Waals surface area contributed by atoms with Crippen molar-refractivity contribution >= 4 is 17.2 Å².